The van der Waals surface area contributed by atoms with Gasteiger partial charge in [0, 0.05) is 11.6 Å². The second-order valence-corrected chi connectivity index (χ2v) is 6.23. The summed E-state index contributed by atoms with van der Waals surface area (Å²) in [7, 11) is 0. The molecule has 1 amide bonds. The van der Waals surface area contributed by atoms with Crippen LogP contribution < -0.4 is 11.0 Å². The number of nitrogens with one attached hydrogen (secondary N) is 1. The first-order valence-electron chi connectivity index (χ1n) is 8.64. The summed E-state index contributed by atoms with van der Waals surface area (Å²) in [6.45, 7) is 3.69. The van der Waals surface area contributed by atoms with Gasteiger partial charge in [-0.15, -0.1) is 0 Å². The van der Waals surface area contributed by atoms with E-state index in [0.29, 0.717) is 10.8 Å². The summed E-state index contributed by atoms with van der Waals surface area (Å²) >= 11 is 0. The van der Waals surface area contributed by atoms with E-state index >= 15 is 0 Å². The topological polar surface area (TPSA) is 76.3 Å². The van der Waals surface area contributed by atoms with Crippen LogP contribution >= 0.6 is 0 Å². The van der Waals surface area contributed by atoms with E-state index in [-0.39, 0.29) is 17.3 Å². The summed E-state index contributed by atoms with van der Waals surface area (Å²) < 4.78 is 1.32. The largest absolute Gasteiger partial charge is 0.292 e. The minimum atomic E-state index is -0.468. The van der Waals surface area contributed by atoms with E-state index in [1.807, 2.05) is 50.3 Å². The van der Waals surface area contributed by atoms with E-state index in [1.165, 1.54) is 10.9 Å². The minimum absolute atomic E-state index is 0.161. The number of carbonyl (C=O) groups excluding carboxylic acids is 1. The maximum Gasteiger partial charge on any atom is 0.292 e. The lowest BCUT2D eigenvalue weighted by Crippen LogP contribution is -2.30. The van der Waals surface area contributed by atoms with Crippen LogP contribution in [0.5, 0.6) is 0 Å². The maximum atomic E-state index is 12.6. The van der Waals surface area contributed by atoms with Gasteiger partial charge in [0.25, 0.3) is 11.5 Å². The van der Waals surface area contributed by atoms with E-state index in [1.54, 1.807) is 30.3 Å². The molecule has 0 aliphatic carbocycles. The molecule has 0 spiro atoms. The molecule has 0 bridgehead atoms. The van der Waals surface area contributed by atoms with Crippen molar-refractivity contribution in [1.82, 2.24) is 15.2 Å². The third-order valence-electron chi connectivity index (χ3n) is 3.95. The van der Waals surface area contributed by atoms with Crippen molar-refractivity contribution in [3.8, 4) is 0 Å². The smallest absolute Gasteiger partial charge is 0.267 e. The fourth-order valence-electron chi connectivity index (χ4n) is 2.63. The number of hydrazone groups is 1. The van der Waals surface area contributed by atoms with E-state index in [2.05, 4.69) is 15.6 Å². The highest BCUT2D eigenvalue weighted by Gasteiger charge is 2.17. The first-order chi connectivity index (χ1) is 13.1. The molecule has 0 radical (unpaired) electrons. The van der Waals surface area contributed by atoms with E-state index in [4.69, 9.17) is 0 Å². The zero-order valence-electron chi connectivity index (χ0n) is 15.2. The Kier molecular flexibility index (Phi) is 5.56. The molecule has 6 heteroatoms. The number of amides is 1. The summed E-state index contributed by atoms with van der Waals surface area (Å²) in [5.74, 6) is -0.468. The molecule has 2 aromatic carbocycles. The molecule has 0 saturated heterocycles. The van der Waals surface area contributed by atoms with E-state index < -0.39 is 5.91 Å². The molecule has 1 heterocycles. The third kappa shape index (κ3) is 4.17. The van der Waals surface area contributed by atoms with Crippen LogP contribution in [0.1, 0.15) is 35.9 Å². The predicted octanol–water partition coefficient (Wildman–Crippen LogP) is 3.41. The van der Waals surface area contributed by atoms with Gasteiger partial charge in [-0.3, -0.25) is 9.59 Å². The highest BCUT2D eigenvalue weighted by atomic mass is 16.2. The van der Waals surface area contributed by atoms with Crippen LogP contribution in [-0.2, 0) is 0 Å². The second-order valence-electron chi connectivity index (χ2n) is 6.23. The number of allylic oxidation sites excluding steroid dienone is 1. The molecule has 0 unspecified atom stereocenters. The zero-order chi connectivity index (χ0) is 19.2. The number of carbonyl (C=O) groups is 1. The Morgan fingerprint density at radius 2 is 1.74 bits per heavy atom. The molecule has 0 aliphatic heterocycles. The lowest BCUT2D eigenvalue weighted by atomic mass is 10.1. The molecular formula is C21H20N4O2. The predicted molar refractivity (Wildman–Crippen MR) is 108 cm³/mol. The lowest BCUT2D eigenvalue weighted by Gasteiger charge is -2.12. The van der Waals surface area contributed by atoms with Gasteiger partial charge in [-0.2, -0.15) is 10.2 Å². The number of aromatic nitrogens is 2. The zero-order valence-corrected chi connectivity index (χ0v) is 15.2. The molecule has 136 valence electrons. The van der Waals surface area contributed by atoms with Crippen LogP contribution in [0.4, 0.5) is 0 Å². The van der Waals surface area contributed by atoms with Crippen molar-refractivity contribution in [3.05, 3.63) is 82.3 Å². The first-order valence-corrected chi connectivity index (χ1v) is 8.64. The molecule has 0 atom stereocenters. The number of hydrogen-bond acceptors (Lipinski definition) is 4. The molecule has 1 N–H and O–H groups in total. The number of benzene rings is 2. The van der Waals surface area contributed by atoms with Crippen molar-refractivity contribution in [1.29, 1.82) is 0 Å². The van der Waals surface area contributed by atoms with Gasteiger partial charge in [0.1, 0.15) is 0 Å². The van der Waals surface area contributed by atoms with Crippen LogP contribution in [0, 0.1) is 0 Å². The fraction of sp³-hybridized carbons (Fsp3) is 0.143. The molecule has 3 rings (SSSR count). The Bertz CT molecular complexity index is 1070. The van der Waals surface area contributed by atoms with Crippen molar-refractivity contribution in [3.63, 3.8) is 0 Å². The number of nitrogens with zero attached hydrogens (tertiary/aromatic N) is 3. The SMILES string of the molecule is CC(C)n1nc(C(=O)N/N=C\C=C\c2ccccc2)c2ccccc2c1=O. The average molecular weight is 360 g/mol. The quantitative estimate of drug-likeness (QED) is 0.560. The lowest BCUT2D eigenvalue weighted by molar-refractivity contribution is 0.0949. The van der Waals surface area contributed by atoms with Gasteiger partial charge in [0.15, 0.2) is 5.69 Å². The van der Waals surface area contributed by atoms with Crippen LogP contribution in [0.25, 0.3) is 16.8 Å². The summed E-state index contributed by atoms with van der Waals surface area (Å²) in [6, 6.07) is 16.5. The molecular weight excluding hydrogens is 340 g/mol. The summed E-state index contributed by atoms with van der Waals surface area (Å²) in [5.41, 5.74) is 3.45. The molecule has 0 saturated carbocycles. The standard InChI is InChI=1S/C21H20N4O2/c1-15(2)25-21(27)18-13-7-6-12-17(18)19(24-25)20(26)23-22-14-8-11-16-9-4-3-5-10-16/h3-15H,1-2H3,(H,23,26)/b11-8+,22-14-. The number of rotatable bonds is 5. The van der Waals surface area contributed by atoms with Gasteiger partial charge in [-0.1, -0.05) is 54.6 Å². The molecule has 27 heavy (non-hydrogen) atoms. The molecule has 1 aromatic heterocycles. The normalized spacial score (nSPS) is 11.7. The van der Waals surface area contributed by atoms with Crippen molar-refractivity contribution >= 4 is 29.0 Å². The minimum Gasteiger partial charge on any atom is -0.267 e. The van der Waals surface area contributed by atoms with E-state index in [9.17, 15) is 9.59 Å². The molecule has 3 aromatic rings. The average Bonchev–Trinajstić information content (AvgIpc) is 2.68. The Hall–Kier alpha value is -3.54. The van der Waals surface area contributed by atoms with Crippen LogP contribution in [-0.4, -0.2) is 21.9 Å². The molecule has 0 fully saturated rings. The summed E-state index contributed by atoms with van der Waals surface area (Å²) in [6.07, 6.45) is 5.10. The Morgan fingerprint density at radius 3 is 2.44 bits per heavy atom. The van der Waals surface area contributed by atoms with Gasteiger partial charge < -0.3 is 0 Å². The first kappa shape index (κ1) is 18.3. The van der Waals surface area contributed by atoms with Gasteiger partial charge >= 0.3 is 0 Å². The van der Waals surface area contributed by atoms with Gasteiger partial charge in [-0.05, 0) is 31.6 Å². The van der Waals surface area contributed by atoms with Gasteiger partial charge in [-0.25, -0.2) is 10.1 Å². The fourth-order valence-corrected chi connectivity index (χ4v) is 2.63. The van der Waals surface area contributed by atoms with Crippen molar-refractivity contribution in [2.45, 2.75) is 19.9 Å². The van der Waals surface area contributed by atoms with Gasteiger partial charge in [0.2, 0.25) is 0 Å². The second kappa shape index (κ2) is 8.23. The van der Waals surface area contributed by atoms with E-state index in [0.717, 1.165) is 5.56 Å². The monoisotopic (exact) mass is 360 g/mol. The summed E-state index contributed by atoms with van der Waals surface area (Å²) in [4.78, 5) is 25.1. The highest BCUT2D eigenvalue weighted by Crippen LogP contribution is 2.14. The maximum absolute atomic E-state index is 12.6. The molecule has 6 nitrogen and oxygen atoms in total. The number of hydrogen-bond donors (Lipinski definition) is 1. The molecule has 0 aliphatic rings. The summed E-state index contributed by atoms with van der Waals surface area (Å²) in [5, 5.41) is 9.14. The Morgan fingerprint density at radius 1 is 1.07 bits per heavy atom. The van der Waals surface area contributed by atoms with Crippen LogP contribution in [0.2, 0.25) is 0 Å². The highest BCUT2D eigenvalue weighted by molar-refractivity contribution is 6.04. The van der Waals surface area contributed by atoms with Crippen molar-refractivity contribution in [2.24, 2.45) is 5.10 Å². The van der Waals surface area contributed by atoms with Crippen LogP contribution in [0.15, 0.2) is 70.6 Å². The Balaban J connectivity index is 1.83. The third-order valence-corrected chi connectivity index (χ3v) is 3.95. The Labute approximate surface area is 156 Å². The number of fused-ring (bicyclic) bond motifs is 1. The van der Waals surface area contributed by atoms with Gasteiger partial charge in [0.05, 0.1) is 11.4 Å². The van der Waals surface area contributed by atoms with Crippen molar-refractivity contribution < 1.29 is 4.79 Å². The van der Waals surface area contributed by atoms with Crippen LogP contribution in [0.3, 0.4) is 0 Å². The van der Waals surface area contributed by atoms with Crippen molar-refractivity contribution in [2.75, 3.05) is 0 Å².